The molecule has 4 rings (SSSR count). The Bertz CT molecular complexity index is 1230. The molecule has 2 aliphatic rings. The zero-order valence-corrected chi connectivity index (χ0v) is 19.2. The minimum absolute atomic E-state index is 0.0553. The minimum Gasteiger partial charge on any atom is -0.410 e. The maximum absolute atomic E-state index is 12.8. The number of aryl methyl sites for hydroxylation is 1. The highest BCUT2D eigenvalue weighted by atomic mass is 35.5. The van der Waals surface area contributed by atoms with E-state index in [2.05, 4.69) is 15.8 Å². The van der Waals surface area contributed by atoms with Crippen LogP contribution in [0.4, 0.5) is 0 Å². The van der Waals surface area contributed by atoms with Gasteiger partial charge in [-0.1, -0.05) is 41.0 Å². The predicted molar refractivity (Wildman–Crippen MR) is 123 cm³/mol. The van der Waals surface area contributed by atoms with Gasteiger partial charge in [-0.3, -0.25) is 24.5 Å². The number of hydrogen-bond acceptors (Lipinski definition) is 6. The van der Waals surface area contributed by atoms with Gasteiger partial charge in [-0.15, -0.1) is 0 Å². The van der Waals surface area contributed by atoms with Gasteiger partial charge < -0.3 is 15.4 Å². The van der Waals surface area contributed by atoms with Crippen molar-refractivity contribution in [1.29, 1.82) is 0 Å². The maximum Gasteiger partial charge on any atom is 0.269 e. The number of amides is 4. The Morgan fingerprint density at radius 2 is 1.97 bits per heavy atom. The van der Waals surface area contributed by atoms with Gasteiger partial charge in [-0.2, -0.15) is 0 Å². The van der Waals surface area contributed by atoms with Gasteiger partial charge in [-0.25, -0.2) is 0 Å². The molecule has 0 bridgehead atoms. The molecule has 1 saturated heterocycles. The molecule has 1 unspecified atom stereocenters. The highest BCUT2D eigenvalue weighted by Gasteiger charge is 2.39. The zero-order valence-electron chi connectivity index (χ0n) is 18.4. The summed E-state index contributed by atoms with van der Waals surface area (Å²) >= 11 is 6.12. The Labute approximate surface area is 200 Å². The summed E-state index contributed by atoms with van der Waals surface area (Å²) in [6.45, 7) is 2.28. The van der Waals surface area contributed by atoms with Gasteiger partial charge >= 0.3 is 0 Å². The third-order valence-electron chi connectivity index (χ3n) is 6.03. The molecule has 0 aliphatic carbocycles. The largest absolute Gasteiger partial charge is 0.410 e. The number of piperidine rings is 1. The average molecular weight is 483 g/mol. The molecule has 1 fully saturated rings. The molecular formula is C24H23ClN4O5. The second-order valence-corrected chi connectivity index (χ2v) is 8.79. The lowest BCUT2D eigenvalue weighted by Crippen LogP contribution is -2.52. The molecule has 2 aromatic rings. The lowest BCUT2D eigenvalue weighted by Gasteiger charge is -2.29. The number of nitrogens with one attached hydrogen (secondary N) is 2. The van der Waals surface area contributed by atoms with Gasteiger partial charge in [0.15, 0.2) is 0 Å². The number of nitrogens with zero attached hydrogens (tertiary/aromatic N) is 2. The monoisotopic (exact) mass is 482 g/mol. The number of benzene rings is 2. The van der Waals surface area contributed by atoms with Crippen LogP contribution in [0.5, 0.6) is 0 Å². The summed E-state index contributed by atoms with van der Waals surface area (Å²) in [5.41, 5.74) is 3.58. The first-order valence-corrected chi connectivity index (χ1v) is 11.1. The molecule has 2 heterocycles. The fraction of sp³-hybridized carbons (Fsp3) is 0.292. The Morgan fingerprint density at radius 3 is 2.68 bits per heavy atom. The Kier molecular flexibility index (Phi) is 6.65. The molecule has 4 amide bonds. The molecule has 10 heteroatoms. The van der Waals surface area contributed by atoms with E-state index in [9.17, 15) is 24.4 Å². The highest BCUT2D eigenvalue weighted by Crippen LogP contribution is 2.28. The fourth-order valence-corrected chi connectivity index (χ4v) is 4.33. The van der Waals surface area contributed by atoms with Gasteiger partial charge in [0.1, 0.15) is 11.8 Å². The Morgan fingerprint density at radius 1 is 1.21 bits per heavy atom. The number of fused-ring (bicyclic) bond motifs is 1. The molecule has 34 heavy (non-hydrogen) atoms. The third kappa shape index (κ3) is 4.79. The average Bonchev–Trinajstić information content (AvgIpc) is 3.13. The summed E-state index contributed by atoms with van der Waals surface area (Å²) in [6.07, 6.45) is 0.599. The Hall–Kier alpha value is -3.72. The van der Waals surface area contributed by atoms with Crippen molar-refractivity contribution in [1.82, 2.24) is 15.5 Å². The molecular weight excluding hydrogens is 460 g/mol. The van der Waals surface area contributed by atoms with E-state index in [4.69, 9.17) is 11.6 Å². The number of carbonyl (C=O) groups is 4. The van der Waals surface area contributed by atoms with E-state index in [0.717, 1.165) is 22.3 Å². The van der Waals surface area contributed by atoms with Gasteiger partial charge in [0.25, 0.3) is 11.8 Å². The summed E-state index contributed by atoms with van der Waals surface area (Å²) in [6, 6.07) is 9.87. The van der Waals surface area contributed by atoms with E-state index in [1.54, 1.807) is 24.3 Å². The second kappa shape index (κ2) is 9.64. The van der Waals surface area contributed by atoms with E-state index in [1.807, 2.05) is 19.1 Å². The summed E-state index contributed by atoms with van der Waals surface area (Å²) in [4.78, 5) is 50.4. The van der Waals surface area contributed by atoms with Crippen molar-refractivity contribution in [2.75, 3.05) is 0 Å². The van der Waals surface area contributed by atoms with Crippen LogP contribution in [-0.4, -0.2) is 45.5 Å². The van der Waals surface area contributed by atoms with Crippen molar-refractivity contribution in [3.63, 3.8) is 0 Å². The molecule has 0 spiro atoms. The van der Waals surface area contributed by atoms with Crippen LogP contribution in [0.3, 0.4) is 0 Å². The predicted octanol–water partition coefficient (Wildman–Crippen LogP) is 2.10. The first kappa shape index (κ1) is 23.4. The van der Waals surface area contributed by atoms with Crippen LogP contribution < -0.4 is 10.6 Å². The van der Waals surface area contributed by atoms with Gasteiger partial charge in [0, 0.05) is 36.5 Å². The summed E-state index contributed by atoms with van der Waals surface area (Å²) in [7, 11) is 0. The van der Waals surface area contributed by atoms with Gasteiger partial charge in [0.05, 0.1) is 0 Å². The van der Waals surface area contributed by atoms with Crippen molar-refractivity contribution in [3.05, 3.63) is 69.2 Å². The summed E-state index contributed by atoms with van der Waals surface area (Å²) in [5, 5.41) is 18.0. The number of oxime groups is 1. The molecule has 0 saturated carbocycles. The van der Waals surface area contributed by atoms with E-state index in [1.165, 1.54) is 4.90 Å². The maximum atomic E-state index is 12.8. The number of halogens is 1. The molecule has 176 valence electrons. The molecule has 2 aromatic carbocycles. The zero-order chi connectivity index (χ0) is 24.4. The molecule has 9 nitrogen and oxygen atoms in total. The SMILES string of the molecule is Cc1ccc(C/C(=N\O)C(=O)NCc2ccc3c(c2)CN(C2CCC(=O)NC2=O)C3=O)cc1Cl. The minimum atomic E-state index is -0.681. The fourth-order valence-electron chi connectivity index (χ4n) is 4.12. The van der Waals surface area contributed by atoms with Crippen LogP contribution in [-0.2, 0) is 33.9 Å². The van der Waals surface area contributed by atoms with Crippen LogP contribution >= 0.6 is 11.6 Å². The smallest absolute Gasteiger partial charge is 0.269 e. The molecule has 0 aromatic heterocycles. The van der Waals surface area contributed by atoms with Crippen molar-refractivity contribution < 1.29 is 24.4 Å². The van der Waals surface area contributed by atoms with Gasteiger partial charge in [0.2, 0.25) is 11.8 Å². The molecule has 3 N–H and O–H groups in total. The van der Waals surface area contributed by atoms with E-state index in [-0.39, 0.29) is 43.5 Å². The lowest BCUT2D eigenvalue weighted by atomic mass is 10.0. The molecule has 2 aliphatic heterocycles. The number of rotatable bonds is 6. The van der Waals surface area contributed by atoms with Crippen LogP contribution in [0.15, 0.2) is 41.6 Å². The van der Waals surface area contributed by atoms with Crippen LogP contribution in [0.1, 0.15) is 45.5 Å². The summed E-state index contributed by atoms with van der Waals surface area (Å²) < 4.78 is 0. The number of hydrogen-bond donors (Lipinski definition) is 3. The van der Waals surface area contributed by atoms with Gasteiger partial charge in [-0.05, 0) is 47.7 Å². The molecule has 1 atom stereocenters. The topological polar surface area (TPSA) is 128 Å². The second-order valence-electron chi connectivity index (χ2n) is 8.38. The van der Waals surface area contributed by atoms with Crippen molar-refractivity contribution in [2.24, 2.45) is 5.16 Å². The highest BCUT2D eigenvalue weighted by molar-refractivity contribution is 6.39. The van der Waals surface area contributed by atoms with Crippen LogP contribution in [0.25, 0.3) is 0 Å². The van der Waals surface area contributed by atoms with E-state index in [0.29, 0.717) is 17.0 Å². The summed E-state index contributed by atoms with van der Waals surface area (Å²) in [5.74, 6) is -1.58. The standard InChI is InChI=1S/C24H23ClN4O5/c1-13-2-3-14(9-18(13)25)10-19(28-34)22(31)26-11-15-4-5-17-16(8-15)12-29(24(17)33)20-6-7-21(30)27-23(20)32/h2-5,8-9,20,34H,6-7,10-12H2,1H3,(H,26,31)(H,27,30,32)/b28-19+. The third-order valence-corrected chi connectivity index (χ3v) is 6.44. The number of imide groups is 1. The first-order valence-electron chi connectivity index (χ1n) is 10.8. The normalized spacial score (nSPS) is 18.1. The van der Waals surface area contributed by atoms with Crippen molar-refractivity contribution in [3.8, 4) is 0 Å². The first-order chi connectivity index (χ1) is 16.3. The van der Waals surface area contributed by atoms with Crippen molar-refractivity contribution >= 4 is 40.9 Å². The lowest BCUT2D eigenvalue weighted by molar-refractivity contribution is -0.137. The molecule has 0 radical (unpaired) electrons. The van der Waals surface area contributed by atoms with E-state index < -0.39 is 17.9 Å². The Balaban J connectivity index is 1.39. The van der Waals surface area contributed by atoms with Crippen molar-refractivity contribution in [2.45, 2.75) is 45.3 Å². The van der Waals surface area contributed by atoms with Crippen LogP contribution in [0, 0.1) is 6.92 Å². The quantitative estimate of drug-likeness (QED) is 0.251. The van der Waals surface area contributed by atoms with Crippen LogP contribution in [0.2, 0.25) is 5.02 Å². The number of carbonyl (C=O) groups excluding carboxylic acids is 4. The van der Waals surface area contributed by atoms with E-state index >= 15 is 0 Å².